The number of hydrogen-bond acceptors (Lipinski definition) is 4. The maximum absolute atomic E-state index is 13.2. The summed E-state index contributed by atoms with van der Waals surface area (Å²) in [7, 11) is -6.36. The van der Waals surface area contributed by atoms with Gasteiger partial charge < -0.3 is 4.74 Å². The summed E-state index contributed by atoms with van der Waals surface area (Å²) in [6.45, 7) is 7.93. The molecule has 0 atom stereocenters. The van der Waals surface area contributed by atoms with Crippen LogP contribution in [-0.2, 0) is 13.7 Å². The first kappa shape index (κ1) is 24.4. The number of ether oxygens (including phenoxy) is 1. The lowest BCUT2D eigenvalue weighted by molar-refractivity contribution is 0.130. The van der Waals surface area contributed by atoms with Gasteiger partial charge >= 0.3 is 0 Å². The van der Waals surface area contributed by atoms with Crippen molar-refractivity contribution in [3.63, 3.8) is 0 Å². The SMILES string of the molecule is CCCCS(=O)(=O)OS(c1ccccc1)(c1ccccc1)c1cccc(OC(C)(C)C)c1. The van der Waals surface area contributed by atoms with Crippen LogP contribution >= 0.6 is 10.3 Å². The molecule has 0 radical (unpaired) electrons. The van der Waals surface area contributed by atoms with E-state index in [0.717, 1.165) is 21.1 Å². The summed E-state index contributed by atoms with van der Waals surface area (Å²) in [6, 6.07) is 26.9. The molecular weight excluding hydrogens is 440 g/mol. The third-order valence-corrected chi connectivity index (χ3v) is 9.89. The van der Waals surface area contributed by atoms with Crippen molar-refractivity contribution in [1.82, 2.24) is 0 Å². The third-order valence-electron chi connectivity index (χ3n) is 4.67. The fraction of sp³-hybridized carbons (Fsp3) is 0.308. The normalized spacial score (nSPS) is 13.0. The van der Waals surface area contributed by atoms with Crippen molar-refractivity contribution in [2.75, 3.05) is 5.75 Å². The molecule has 32 heavy (non-hydrogen) atoms. The summed E-state index contributed by atoms with van der Waals surface area (Å²) in [4.78, 5) is 2.41. The van der Waals surface area contributed by atoms with E-state index in [9.17, 15) is 8.42 Å². The fourth-order valence-electron chi connectivity index (χ4n) is 3.33. The molecular formula is C26H32O4S2. The van der Waals surface area contributed by atoms with Crippen LogP contribution in [0.4, 0.5) is 0 Å². The molecule has 0 aliphatic rings. The van der Waals surface area contributed by atoms with E-state index < -0.39 is 20.4 Å². The predicted octanol–water partition coefficient (Wildman–Crippen LogP) is 7.21. The smallest absolute Gasteiger partial charge is 0.277 e. The van der Waals surface area contributed by atoms with Crippen molar-refractivity contribution < 1.29 is 16.8 Å². The van der Waals surface area contributed by atoms with E-state index in [1.54, 1.807) is 0 Å². The van der Waals surface area contributed by atoms with Gasteiger partial charge in [0.05, 0.1) is 5.75 Å². The van der Waals surface area contributed by atoms with Crippen LogP contribution < -0.4 is 4.74 Å². The van der Waals surface area contributed by atoms with Crippen LogP contribution in [0.2, 0.25) is 0 Å². The second kappa shape index (κ2) is 10.1. The molecule has 0 N–H and O–H groups in total. The molecule has 3 rings (SSSR count). The number of unbranched alkanes of at least 4 members (excludes halogenated alkanes) is 1. The van der Waals surface area contributed by atoms with E-state index in [4.69, 9.17) is 8.37 Å². The van der Waals surface area contributed by atoms with Crippen LogP contribution in [0.1, 0.15) is 40.5 Å². The predicted molar refractivity (Wildman–Crippen MR) is 132 cm³/mol. The van der Waals surface area contributed by atoms with Gasteiger partial charge in [0.2, 0.25) is 0 Å². The van der Waals surface area contributed by atoms with Crippen molar-refractivity contribution in [2.45, 2.75) is 60.8 Å². The second-order valence-corrected chi connectivity index (χ2v) is 13.1. The molecule has 4 nitrogen and oxygen atoms in total. The molecule has 0 aliphatic heterocycles. The number of benzene rings is 3. The van der Waals surface area contributed by atoms with E-state index in [1.165, 1.54) is 0 Å². The molecule has 172 valence electrons. The van der Waals surface area contributed by atoms with Gasteiger partial charge in [-0.25, -0.2) is 3.63 Å². The first-order chi connectivity index (χ1) is 15.2. The first-order valence-electron chi connectivity index (χ1n) is 10.8. The van der Waals surface area contributed by atoms with Gasteiger partial charge in [-0.15, -0.1) is 0 Å². The van der Waals surface area contributed by atoms with Crippen LogP contribution in [0.15, 0.2) is 99.6 Å². The molecule has 3 aromatic rings. The van der Waals surface area contributed by atoms with Gasteiger partial charge in [0, 0.05) is 14.7 Å². The van der Waals surface area contributed by atoms with Gasteiger partial charge in [0.25, 0.3) is 10.1 Å². The lowest BCUT2D eigenvalue weighted by Gasteiger charge is -2.39. The number of hydrogen-bond donors (Lipinski definition) is 0. The van der Waals surface area contributed by atoms with Crippen molar-refractivity contribution in [3.05, 3.63) is 84.9 Å². The summed E-state index contributed by atoms with van der Waals surface area (Å²) >= 11 is 0. The van der Waals surface area contributed by atoms with Gasteiger partial charge in [-0.05, 0) is 80.0 Å². The topological polar surface area (TPSA) is 52.6 Å². The van der Waals surface area contributed by atoms with E-state index in [-0.39, 0.29) is 11.4 Å². The van der Waals surface area contributed by atoms with Crippen molar-refractivity contribution >= 4 is 20.4 Å². The van der Waals surface area contributed by atoms with E-state index >= 15 is 0 Å². The van der Waals surface area contributed by atoms with Crippen LogP contribution in [0.25, 0.3) is 0 Å². The van der Waals surface area contributed by atoms with Crippen molar-refractivity contribution in [3.8, 4) is 5.75 Å². The zero-order valence-corrected chi connectivity index (χ0v) is 20.8. The Morgan fingerprint density at radius 1 is 0.750 bits per heavy atom. The summed E-state index contributed by atoms with van der Waals surface area (Å²) in [5, 5.41) is 0. The van der Waals surface area contributed by atoms with Gasteiger partial charge in [-0.3, -0.25) is 0 Å². The Morgan fingerprint density at radius 2 is 1.28 bits per heavy atom. The number of rotatable bonds is 9. The minimum Gasteiger partial charge on any atom is -0.488 e. The lowest BCUT2D eigenvalue weighted by Crippen LogP contribution is -2.23. The Morgan fingerprint density at radius 3 is 1.78 bits per heavy atom. The molecule has 0 spiro atoms. The monoisotopic (exact) mass is 472 g/mol. The quantitative estimate of drug-likeness (QED) is 0.330. The molecule has 3 aromatic carbocycles. The Balaban J connectivity index is 2.28. The van der Waals surface area contributed by atoms with Crippen LogP contribution in [0.3, 0.4) is 0 Å². The van der Waals surface area contributed by atoms with Gasteiger partial charge in [-0.1, -0.05) is 55.8 Å². The maximum atomic E-state index is 13.2. The minimum atomic E-state index is -3.80. The fourth-order valence-corrected chi connectivity index (χ4v) is 8.88. The Hall–Kier alpha value is -2.28. The zero-order valence-electron chi connectivity index (χ0n) is 19.2. The molecule has 0 fully saturated rings. The Bertz CT molecular complexity index is 1070. The van der Waals surface area contributed by atoms with Gasteiger partial charge in [-0.2, -0.15) is 8.42 Å². The summed E-state index contributed by atoms with van der Waals surface area (Å²) in [5.41, 5.74) is -0.385. The molecule has 0 aromatic heterocycles. The second-order valence-electron chi connectivity index (χ2n) is 8.55. The molecule has 6 heteroatoms. The molecule has 0 saturated heterocycles. The Kier molecular flexibility index (Phi) is 7.70. The van der Waals surface area contributed by atoms with E-state index in [1.807, 2.05) is 113 Å². The molecule has 0 amide bonds. The highest BCUT2D eigenvalue weighted by Crippen LogP contribution is 2.70. The highest BCUT2D eigenvalue weighted by Gasteiger charge is 2.37. The maximum Gasteiger partial charge on any atom is 0.277 e. The first-order valence-corrected chi connectivity index (χ1v) is 14.0. The lowest BCUT2D eigenvalue weighted by atomic mass is 10.2. The van der Waals surface area contributed by atoms with E-state index in [2.05, 4.69) is 0 Å². The van der Waals surface area contributed by atoms with Gasteiger partial charge in [0.1, 0.15) is 11.4 Å². The molecule has 0 saturated carbocycles. The van der Waals surface area contributed by atoms with Gasteiger partial charge in [0.15, 0.2) is 0 Å². The van der Waals surface area contributed by atoms with E-state index in [0.29, 0.717) is 12.2 Å². The van der Waals surface area contributed by atoms with Crippen molar-refractivity contribution in [1.29, 1.82) is 0 Å². The van der Waals surface area contributed by atoms with Crippen LogP contribution in [0.5, 0.6) is 5.75 Å². The van der Waals surface area contributed by atoms with Crippen molar-refractivity contribution in [2.24, 2.45) is 0 Å². The third kappa shape index (κ3) is 5.94. The molecule has 0 aliphatic carbocycles. The molecule has 0 unspecified atom stereocenters. The Labute approximate surface area is 194 Å². The summed E-state index contributed by atoms with van der Waals surface area (Å²) in [5.74, 6) is 0.657. The average Bonchev–Trinajstić information content (AvgIpc) is 2.76. The van der Waals surface area contributed by atoms with Crippen LogP contribution in [-0.4, -0.2) is 19.8 Å². The molecule has 0 bridgehead atoms. The standard InChI is InChI=1S/C26H32O4S2/c1-5-6-20-31(27,28)30-32(23-15-9-7-10-16-23,24-17-11-8-12-18-24)25-19-13-14-22(21-25)29-26(2,3)4/h7-19,21H,5-6,20H2,1-4H3. The van der Waals surface area contributed by atoms with Crippen LogP contribution in [0, 0.1) is 0 Å². The molecule has 0 heterocycles. The average molecular weight is 473 g/mol. The summed E-state index contributed by atoms with van der Waals surface area (Å²) < 4.78 is 38.8. The summed E-state index contributed by atoms with van der Waals surface area (Å²) in [6.07, 6.45) is 1.32. The minimum absolute atomic E-state index is 0.0178. The largest absolute Gasteiger partial charge is 0.488 e. The zero-order chi connectivity index (χ0) is 23.2. The highest BCUT2D eigenvalue weighted by atomic mass is 32.3. The highest BCUT2D eigenvalue weighted by molar-refractivity contribution is 8.33.